The fourth-order valence-electron chi connectivity index (χ4n) is 2.26. The number of carbonyl (C=O) groups excluding carboxylic acids is 3. The van der Waals surface area contributed by atoms with E-state index in [2.05, 4.69) is 10.6 Å². The van der Waals surface area contributed by atoms with Gasteiger partial charge in [-0.3, -0.25) is 14.4 Å². The van der Waals surface area contributed by atoms with Crippen molar-refractivity contribution >= 4 is 40.6 Å². The highest BCUT2D eigenvalue weighted by Gasteiger charge is 2.11. The van der Waals surface area contributed by atoms with Crippen molar-refractivity contribution in [1.29, 1.82) is 0 Å². The van der Waals surface area contributed by atoms with E-state index in [1.165, 1.54) is 6.92 Å². The first kappa shape index (κ1) is 18.7. The number of benzene rings is 2. The molecule has 0 fully saturated rings. The summed E-state index contributed by atoms with van der Waals surface area (Å²) in [6.45, 7) is 3.27. The summed E-state index contributed by atoms with van der Waals surface area (Å²) >= 11 is 5.79. The Balaban J connectivity index is 1.94. The molecule has 0 saturated heterocycles. The molecule has 0 aromatic heterocycles. The molecule has 6 heteroatoms. The average molecular weight is 359 g/mol. The number of rotatable bonds is 6. The lowest BCUT2D eigenvalue weighted by molar-refractivity contribution is -0.116. The Hall–Kier alpha value is -2.66. The van der Waals surface area contributed by atoms with Gasteiger partial charge < -0.3 is 10.6 Å². The van der Waals surface area contributed by atoms with Crippen LogP contribution in [0.2, 0.25) is 5.02 Å². The SMILES string of the molecule is CC(=O)Nc1ccc(C)c(NC(=O)CCC(=O)c2ccc(Cl)cc2)c1. The molecule has 2 aromatic carbocycles. The van der Waals surface area contributed by atoms with Crippen molar-refractivity contribution in [3.8, 4) is 0 Å². The topological polar surface area (TPSA) is 75.3 Å². The molecule has 0 saturated carbocycles. The smallest absolute Gasteiger partial charge is 0.224 e. The summed E-state index contributed by atoms with van der Waals surface area (Å²) in [4.78, 5) is 35.3. The minimum absolute atomic E-state index is 0.0747. The first-order valence-corrected chi connectivity index (χ1v) is 8.20. The molecular formula is C19H19ClN2O3. The van der Waals surface area contributed by atoms with Gasteiger partial charge in [0.2, 0.25) is 11.8 Å². The van der Waals surface area contributed by atoms with Gasteiger partial charge in [-0.05, 0) is 48.9 Å². The van der Waals surface area contributed by atoms with Crippen molar-refractivity contribution in [2.75, 3.05) is 10.6 Å². The fraction of sp³-hybridized carbons (Fsp3) is 0.211. The number of nitrogens with one attached hydrogen (secondary N) is 2. The Kier molecular flexibility index (Phi) is 6.31. The number of amides is 2. The minimum Gasteiger partial charge on any atom is -0.326 e. The van der Waals surface area contributed by atoms with Crippen LogP contribution >= 0.6 is 11.6 Å². The molecule has 5 nitrogen and oxygen atoms in total. The summed E-state index contributed by atoms with van der Waals surface area (Å²) in [5.74, 6) is -0.560. The van der Waals surface area contributed by atoms with E-state index in [1.807, 2.05) is 6.92 Å². The number of aryl methyl sites for hydroxylation is 1. The van der Waals surface area contributed by atoms with Crippen LogP contribution in [0.3, 0.4) is 0 Å². The number of ketones is 1. The Labute approximate surface area is 151 Å². The van der Waals surface area contributed by atoms with E-state index in [0.29, 0.717) is 22.0 Å². The van der Waals surface area contributed by atoms with Crippen molar-refractivity contribution in [1.82, 2.24) is 0 Å². The third kappa shape index (κ3) is 5.72. The predicted molar refractivity (Wildman–Crippen MR) is 99.1 cm³/mol. The lowest BCUT2D eigenvalue weighted by atomic mass is 10.1. The van der Waals surface area contributed by atoms with Crippen LogP contribution in [0.5, 0.6) is 0 Å². The molecule has 0 aliphatic carbocycles. The van der Waals surface area contributed by atoms with Crippen LogP contribution in [0, 0.1) is 6.92 Å². The second-order valence-corrected chi connectivity index (χ2v) is 6.13. The van der Waals surface area contributed by atoms with Gasteiger partial charge in [0.25, 0.3) is 0 Å². The Morgan fingerprint density at radius 3 is 2.28 bits per heavy atom. The van der Waals surface area contributed by atoms with Gasteiger partial charge >= 0.3 is 0 Å². The highest BCUT2D eigenvalue weighted by atomic mass is 35.5. The van der Waals surface area contributed by atoms with Crippen molar-refractivity contribution in [3.05, 3.63) is 58.6 Å². The van der Waals surface area contributed by atoms with E-state index in [4.69, 9.17) is 11.6 Å². The molecule has 0 aliphatic rings. The summed E-state index contributed by atoms with van der Waals surface area (Å²) in [5, 5.41) is 6.00. The van der Waals surface area contributed by atoms with Crippen molar-refractivity contribution in [2.24, 2.45) is 0 Å². The number of hydrogen-bond donors (Lipinski definition) is 2. The molecule has 2 rings (SSSR count). The molecule has 2 amide bonds. The Morgan fingerprint density at radius 1 is 0.960 bits per heavy atom. The highest BCUT2D eigenvalue weighted by Crippen LogP contribution is 2.21. The van der Waals surface area contributed by atoms with Crippen molar-refractivity contribution in [2.45, 2.75) is 26.7 Å². The second-order valence-electron chi connectivity index (χ2n) is 5.69. The van der Waals surface area contributed by atoms with Crippen LogP contribution in [-0.4, -0.2) is 17.6 Å². The zero-order valence-corrected chi connectivity index (χ0v) is 14.8. The van der Waals surface area contributed by atoms with Gasteiger partial charge in [0.15, 0.2) is 5.78 Å². The lowest BCUT2D eigenvalue weighted by Crippen LogP contribution is -2.15. The van der Waals surface area contributed by atoms with Crippen LogP contribution in [0.4, 0.5) is 11.4 Å². The van der Waals surface area contributed by atoms with E-state index >= 15 is 0 Å². The highest BCUT2D eigenvalue weighted by molar-refractivity contribution is 6.30. The summed E-state index contributed by atoms with van der Waals surface area (Å²) in [6, 6.07) is 11.8. The standard InChI is InChI=1S/C19H19ClN2O3/c1-12-3-8-16(21-13(2)23)11-17(12)22-19(25)10-9-18(24)14-4-6-15(20)7-5-14/h3-8,11H,9-10H2,1-2H3,(H,21,23)(H,22,25). The van der Waals surface area contributed by atoms with Gasteiger partial charge in [-0.1, -0.05) is 17.7 Å². The third-order valence-electron chi connectivity index (χ3n) is 3.58. The quantitative estimate of drug-likeness (QED) is 0.759. The maximum absolute atomic E-state index is 12.1. The molecule has 0 aliphatic heterocycles. The predicted octanol–water partition coefficient (Wildman–Crippen LogP) is 4.21. The summed E-state index contributed by atoms with van der Waals surface area (Å²) in [7, 11) is 0. The van der Waals surface area contributed by atoms with Crippen LogP contribution in [0.1, 0.15) is 35.7 Å². The molecule has 2 aromatic rings. The minimum atomic E-state index is -0.259. The van der Waals surface area contributed by atoms with Crippen LogP contribution < -0.4 is 10.6 Å². The summed E-state index contributed by atoms with van der Waals surface area (Å²) < 4.78 is 0. The van der Waals surface area contributed by atoms with E-state index in [9.17, 15) is 14.4 Å². The molecular weight excluding hydrogens is 340 g/mol. The molecule has 0 radical (unpaired) electrons. The fourth-order valence-corrected chi connectivity index (χ4v) is 2.38. The number of hydrogen-bond acceptors (Lipinski definition) is 3. The zero-order valence-electron chi connectivity index (χ0n) is 14.1. The molecule has 0 atom stereocenters. The normalized spacial score (nSPS) is 10.2. The van der Waals surface area contributed by atoms with Crippen molar-refractivity contribution in [3.63, 3.8) is 0 Å². The summed E-state index contributed by atoms with van der Waals surface area (Å²) in [6.07, 6.45) is 0.184. The van der Waals surface area contributed by atoms with E-state index in [0.717, 1.165) is 5.56 Å². The number of carbonyl (C=O) groups is 3. The largest absolute Gasteiger partial charge is 0.326 e. The Bertz CT molecular complexity index is 801. The number of halogens is 1. The van der Waals surface area contributed by atoms with E-state index in [1.54, 1.807) is 42.5 Å². The zero-order chi connectivity index (χ0) is 18.4. The maximum Gasteiger partial charge on any atom is 0.224 e. The summed E-state index contributed by atoms with van der Waals surface area (Å²) in [5.41, 5.74) is 2.60. The molecule has 0 bridgehead atoms. The number of anilines is 2. The molecule has 130 valence electrons. The molecule has 0 spiro atoms. The van der Waals surface area contributed by atoms with Gasteiger partial charge in [0.1, 0.15) is 0 Å². The molecule has 0 unspecified atom stereocenters. The molecule has 25 heavy (non-hydrogen) atoms. The second kappa shape index (κ2) is 8.44. The van der Waals surface area contributed by atoms with Gasteiger partial charge in [-0.2, -0.15) is 0 Å². The average Bonchev–Trinajstić information content (AvgIpc) is 2.56. The first-order valence-electron chi connectivity index (χ1n) is 7.82. The van der Waals surface area contributed by atoms with Crippen molar-refractivity contribution < 1.29 is 14.4 Å². The molecule has 2 N–H and O–H groups in total. The van der Waals surface area contributed by atoms with E-state index in [-0.39, 0.29) is 30.4 Å². The monoisotopic (exact) mass is 358 g/mol. The number of Topliss-reactive ketones (excluding diaryl/α,β-unsaturated/α-hetero) is 1. The van der Waals surface area contributed by atoms with E-state index < -0.39 is 0 Å². The molecule has 0 heterocycles. The van der Waals surface area contributed by atoms with Gasteiger partial charge in [0.05, 0.1) is 0 Å². The van der Waals surface area contributed by atoms with Gasteiger partial charge in [-0.15, -0.1) is 0 Å². The first-order chi connectivity index (χ1) is 11.8. The third-order valence-corrected chi connectivity index (χ3v) is 3.83. The maximum atomic E-state index is 12.1. The van der Waals surface area contributed by atoms with Gasteiger partial charge in [-0.25, -0.2) is 0 Å². The van der Waals surface area contributed by atoms with Gasteiger partial charge in [0, 0.05) is 41.7 Å². The van der Waals surface area contributed by atoms with Crippen LogP contribution in [0.15, 0.2) is 42.5 Å². The Morgan fingerprint density at radius 2 is 1.64 bits per heavy atom. The lowest BCUT2D eigenvalue weighted by Gasteiger charge is -2.11. The van der Waals surface area contributed by atoms with Crippen LogP contribution in [-0.2, 0) is 9.59 Å². The van der Waals surface area contributed by atoms with Crippen LogP contribution in [0.25, 0.3) is 0 Å².